The van der Waals surface area contributed by atoms with Gasteiger partial charge in [0.2, 0.25) is 5.28 Å². The SMILES string of the molecule is Nc1nc(Cl)nc2c1ncn2[C@@H]1O[C@H](CO)C2OC3(CCCCC3)O[C@@H]21. The Morgan fingerprint density at radius 1 is 1.23 bits per heavy atom. The lowest BCUT2D eigenvalue weighted by Crippen LogP contribution is -2.37. The number of aliphatic hydroxyl groups excluding tert-OH is 1. The van der Waals surface area contributed by atoms with Gasteiger partial charge in [0, 0.05) is 12.8 Å². The Morgan fingerprint density at radius 3 is 2.77 bits per heavy atom. The molecule has 140 valence electrons. The highest BCUT2D eigenvalue weighted by molar-refractivity contribution is 6.28. The Morgan fingerprint density at radius 2 is 2.00 bits per heavy atom. The molecule has 4 atom stereocenters. The lowest BCUT2D eigenvalue weighted by molar-refractivity contribution is -0.232. The first-order valence-electron chi connectivity index (χ1n) is 8.88. The fourth-order valence-corrected chi connectivity index (χ4v) is 4.46. The Balaban J connectivity index is 1.53. The lowest BCUT2D eigenvalue weighted by Gasteiger charge is -2.34. The van der Waals surface area contributed by atoms with Gasteiger partial charge in [0.25, 0.3) is 0 Å². The van der Waals surface area contributed by atoms with E-state index in [0.717, 1.165) is 25.7 Å². The Bertz CT molecular complexity index is 839. The number of anilines is 1. The highest BCUT2D eigenvalue weighted by atomic mass is 35.5. The van der Waals surface area contributed by atoms with E-state index in [1.807, 2.05) is 0 Å². The molecule has 1 spiro atoms. The van der Waals surface area contributed by atoms with Crippen molar-refractivity contribution in [3.8, 4) is 0 Å². The summed E-state index contributed by atoms with van der Waals surface area (Å²) in [5.41, 5.74) is 6.82. The van der Waals surface area contributed by atoms with Crippen molar-refractivity contribution < 1.29 is 19.3 Å². The van der Waals surface area contributed by atoms with Gasteiger partial charge in [0.15, 0.2) is 23.5 Å². The van der Waals surface area contributed by atoms with Crippen LogP contribution in [0, 0.1) is 0 Å². The van der Waals surface area contributed by atoms with Crippen LogP contribution in [0.1, 0.15) is 38.3 Å². The van der Waals surface area contributed by atoms with Crippen molar-refractivity contribution in [3.05, 3.63) is 11.6 Å². The van der Waals surface area contributed by atoms with Gasteiger partial charge in [-0.15, -0.1) is 0 Å². The zero-order valence-corrected chi connectivity index (χ0v) is 14.8. The summed E-state index contributed by atoms with van der Waals surface area (Å²) in [5, 5.41) is 9.80. The number of hydrogen-bond acceptors (Lipinski definition) is 8. The second kappa shape index (κ2) is 6.00. The van der Waals surface area contributed by atoms with Gasteiger partial charge in [-0.05, 0) is 24.4 Å². The molecular formula is C16H20ClN5O4. The number of nitrogen functional groups attached to an aromatic ring is 1. The fourth-order valence-electron chi connectivity index (χ4n) is 4.29. The normalized spacial score (nSPS) is 33.2. The third-order valence-corrected chi connectivity index (χ3v) is 5.65. The number of aliphatic hydroxyl groups is 1. The number of nitrogens with zero attached hydrogens (tertiary/aromatic N) is 4. The number of halogens is 1. The average Bonchev–Trinajstić information content (AvgIpc) is 3.27. The minimum absolute atomic E-state index is 0.0392. The monoisotopic (exact) mass is 381 g/mol. The standard InChI is InChI=1S/C16H20ClN5O4/c17-15-20-12(18)9-13(21-15)22(7-19-9)14-11-10(8(6-23)24-14)25-16(26-11)4-2-1-3-5-16/h7-8,10-11,14,23H,1-6H2,(H2,18,20,21)/t8-,10?,11+,14-/m1/s1. The summed E-state index contributed by atoms with van der Waals surface area (Å²) in [6, 6.07) is 0. The second-order valence-electron chi connectivity index (χ2n) is 7.09. The molecule has 2 saturated heterocycles. The summed E-state index contributed by atoms with van der Waals surface area (Å²) in [6.07, 6.45) is 4.92. The molecule has 3 fully saturated rings. The summed E-state index contributed by atoms with van der Waals surface area (Å²) >= 11 is 5.96. The molecule has 5 rings (SSSR count). The van der Waals surface area contributed by atoms with Crippen LogP contribution in [0.25, 0.3) is 11.2 Å². The van der Waals surface area contributed by atoms with Crippen molar-refractivity contribution in [1.82, 2.24) is 19.5 Å². The van der Waals surface area contributed by atoms with E-state index in [1.165, 1.54) is 6.42 Å². The van der Waals surface area contributed by atoms with Gasteiger partial charge in [-0.3, -0.25) is 4.57 Å². The summed E-state index contributed by atoms with van der Waals surface area (Å²) in [6.45, 7) is -0.151. The molecule has 2 aromatic heterocycles. The Hall–Kier alpha value is -1.52. The number of rotatable bonds is 2. The number of nitrogens with two attached hydrogens (primary N) is 1. The average molecular weight is 382 g/mol. The van der Waals surface area contributed by atoms with Crippen LogP contribution in [0.5, 0.6) is 0 Å². The maximum atomic E-state index is 9.76. The van der Waals surface area contributed by atoms with E-state index >= 15 is 0 Å². The quantitative estimate of drug-likeness (QED) is 0.749. The molecule has 0 aromatic carbocycles. The van der Waals surface area contributed by atoms with Crippen LogP contribution in [-0.2, 0) is 14.2 Å². The zero-order chi connectivity index (χ0) is 17.9. The summed E-state index contributed by atoms with van der Waals surface area (Å²) in [7, 11) is 0. The summed E-state index contributed by atoms with van der Waals surface area (Å²) < 4.78 is 20.4. The Labute approximate surface area is 154 Å². The van der Waals surface area contributed by atoms with Gasteiger partial charge in [0.1, 0.15) is 23.8 Å². The van der Waals surface area contributed by atoms with Gasteiger partial charge in [-0.25, -0.2) is 4.98 Å². The van der Waals surface area contributed by atoms with Gasteiger partial charge in [-0.2, -0.15) is 9.97 Å². The van der Waals surface area contributed by atoms with Crippen molar-refractivity contribution in [1.29, 1.82) is 0 Å². The number of fused-ring (bicyclic) bond motifs is 2. The highest BCUT2D eigenvalue weighted by Crippen LogP contribution is 2.48. The zero-order valence-electron chi connectivity index (χ0n) is 14.0. The third-order valence-electron chi connectivity index (χ3n) is 5.48. The first kappa shape index (κ1) is 16.6. The molecule has 0 radical (unpaired) electrons. The van der Waals surface area contributed by atoms with Crippen molar-refractivity contribution in [2.75, 3.05) is 12.3 Å². The van der Waals surface area contributed by atoms with Crippen LogP contribution in [0.4, 0.5) is 5.82 Å². The minimum Gasteiger partial charge on any atom is -0.394 e. The van der Waals surface area contributed by atoms with E-state index in [4.69, 9.17) is 31.5 Å². The fraction of sp³-hybridized carbons (Fsp3) is 0.688. The molecule has 3 N–H and O–H groups in total. The molecule has 9 nitrogen and oxygen atoms in total. The molecule has 1 aliphatic carbocycles. The molecule has 2 aliphatic heterocycles. The molecule has 3 aliphatic rings. The van der Waals surface area contributed by atoms with Crippen LogP contribution in [-0.4, -0.2) is 55.3 Å². The van der Waals surface area contributed by atoms with Crippen LogP contribution >= 0.6 is 11.6 Å². The van der Waals surface area contributed by atoms with Crippen molar-refractivity contribution in [2.24, 2.45) is 0 Å². The molecule has 10 heteroatoms. The molecule has 4 heterocycles. The topological polar surface area (TPSA) is 118 Å². The summed E-state index contributed by atoms with van der Waals surface area (Å²) in [5.74, 6) is -0.371. The predicted octanol–water partition coefficient (Wildman–Crippen LogP) is 1.40. The van der Waals surface area contributed by atoms with E-state index < -0.39 is 18.1 Å². The largest absolute Gasteiger partial charge is 0.394 e. The van der Waals surface area contributed by atoms with Gasteiger partial charge >= 0.3 is 0 Å². The number of hydrogen-bond donors (Lipinski definition) is 2. The van der Waals surface area contributed by atoms with E-state index in [9.17, 15) is 5.11 Å². The predicted molar refractivity (Wildman–Crippen MR) is 91.3 cm³/mol. The smallest absolute Gasteiger partial charge is 0.226 e. The maximum Gasteiger partial charge on any atom is 0.226 e. The molecular weight excluding hydrogens is 362 g/mol. The van der Waals surface area contributed by atoms with Gasteiger partial charge in [0.05, 0.1) is 12.9 Å². The molecule has 1 saturated carbocycles. The molecule has 0 amide bonds. The van der Waals surface area contributed by atoms with Gasteiger partial charge in [-0.1, -0.05) is 6.42 Å². The van der Waals surface area contributed by atoms with E-state index in [2.05, 4.69) is 15.0 Å². The molecule has 2 aromatic rings. The van der Waals surface area contributed by atoms with E-state index in [1.54, 1.807) is 10.9 Å². The molecule has 1 unspecified atom stereocenters. The van der Waals surface area contributed by atoms with Crippen LogP contribution in [0.2, 0.25) is 5.28 Å². The lowest BCUT2D eigenvalue weighted by atomic mass is 9.94. The van der Waals surface area contributed by atoms with Gasteiger partial charge < -0.3 is 25.1 Å². The first-order chi connectivity index (χ1) is 12.6. The van der Waals surface area contributed by atoms with Crippen molar-refractivity contribution in [3.63, 3.8) is 0 Å². The van der Waals surface area contributed by atoms with Crippen molar-refractivity contribution >= 4 is 28.6 Å². The molecule has 26 heavy (non-hydrogen) atoms. The van der Waals surface area contributed by atoms with Crippen LogP contribution < -0.4 is 5.73 Å². The highest BCUT2D eigenvalue weighted by Gasteiger charge is 2.58. The second-order valence-corrected chi connectivity index (χ2v) is 7.42. The number of imidazole rings is 1. The van der Waals surface area contributed by atoms with E-state index in [-0.39, 0.29) is 29.9 Å². The Kier molecular flexibility index (Phi) is 3.84. The van der Waals surface area contributed by atoms with Crippen molar-refractivity contribution in [2.45, 2.75) is 62.4 Å². The third kappa shape index (κ3) is 2.42. The minimum atomic E-state index is -0.578. The van der Waals surface area contributed by atoms with Crippen LogP contribution in [0.15, 0.2) is 6.33 Å². The first-order valence-corrected chi connectivity index (χ1v) is 9.25. The number of aromatic nitrogens is 4. The molecule has 0 bridgehead atoms. The van der Waals surface area contributed by atoms with E-state index in [0.29, 0.717) is 11.2 Å². The number of ether oxygens (including phenoxy) is 3. The maximum absolute atomic E-state index is 9.76. The van der Waals surface area contributed by atoms with Crippen LogP contribution in [0.3, 0.4) is 0 Å². The summed E-state index contributed by atoms with van der Waals surface area (Å²) in [4.78, 5) is 12.5.